The Kier molecular flexibility index (Phi) is 2.75. The van der Waals surface area contributed by atoms with E-state index in [1.807, 2.05) is 24.4 Å². The van der Waals surface area contributed by atoms with Gasteiger partial charge in [0.1, 0.15) is 12.1 Å². The minimum Gasteiger partial charge on any atom is -0.490 e. The van der Waals surface area contributed by atoms with Gasteiger partial charge in [0.25, 0.3) is 0 Å². The molecule has 0 spiro atoms. The number of methoxy groups -OCH3 is 1. The summed E-state index contributed by atoms with van der Waals surface area (Å²) in [6.45, 7) is 6.92. The number of nitrogens with one attached hydrogen (secondary N) is 1. The van der Waals surface area contributed by atoms with E-state index in [2.05, 4.69) is 35.2 Å². The molecule has 0 bridgehead atoms. The van der Waals surface area contributed by atoms with Crippen LogP contribution >= 0.6 is 0 Å². The van der Waals surface area contributed by atoms with Gasteiger partial charge in [-0.15, -0.1) is 0 Å². The van der Waals surface area contributed by atoms with Crippen LogP contribution in [0.15, 0.2) is 37.0 Å². The summed E-state index contributed by atoms with van der Waals surface area (Å²) in [6.07, 6.45) is 3.93. The van der Waals surface area contributed by atoms with E-state index < -0.39 is 0 Å². The van der Waals surface area contributed by atoms with Gasteiger partial charge in [-0.1, -0.05) is 24.8 Å². The molecule has 2 aromatic heterocycles. The Labute approximate surface area is 112 Å². The van der Waals surface area contributed by atoms with E-state index in [1.165, 1.54) is 5.39 Å². The number of hydrogen-bond acceptors (Lipinski definition) is 1. The minimum atomic E-state index is 0.878. The summed E-state index contributed by atoms with van der Waals surface area (Å²) >= 11 is 0. The lowest BCUT2D eigenvalue weighted by Crippen LogP contribution is -2.35. The number of aryl methyl sites for hydroxylation is 1. The second-order valence-corrected chi connectivity index (χ2v) is 4.49. The molecule has 3 heteroatoms. The van der Waals surface area contributed by atoms with Crippen molar-refractivity contribution in [2.24, 2.45) is 0 Å². The Morgan fingerprint density at radius 1 is 1.37 bits per heavy atom. The monoisotopic (exact) mass is 253 g/mol. The van der Waals surface area contributed by atoms with Gasteiger partial charge in [-0.3, -0.25) is 0 Å². The first-order valence-corrected chi connectivity index (χ1v) is 6.43. The van der Waals surface area contributed by atoms with Gasteiger partial charge in [0.05, 0.1) is 12.5 Å². The molecule has 0 amide bonds. The predicted octanol–water partition coefficient (Wildman–Crippen LogP) is 3.28. The average Bonchev–Trinajstić information content (AvgIpc) is 2.84. The van der Waals surface area contributed by atoms with Crippen LogP contribution in [0.3, 0.4) is 0 Å². The molecule has 0 fully saturated rings. The van der Waals surface area contributed by atoms with Gasteiger partial charge in [0.2, 0.25) is 11.9 Å². The zero-order valence-corrected chi connectivity index (χ0v) is 11.2. The first-order valence-electron chi connectivity index (χ1n) is 6.43. The molecule has 0 aliphatic rings. The molecule has 3 aromatic rings. The van der Waals surface area contributed by atoms with Crippen molar-refractivity contribution in [1.82, 2.24) is 4.98 Å². The Balaban J connectivity index is 2.56. The van der Waals surface area contributed by atoms with Crippen LogP contribution in [0.5, 0.6) is 5.75 Å². The van der Waals surface area contributed by atoms with E-state index in [4.69, 9.17) is 4.74 Å². The van der Waals surface area contributed by atoms with Crippen LogP contribution in [0.2, 0.25) is 0 Å². The summed E-state index contributed by atoms with van der Waals surface area (Å²) in [5.41, 5.74) is 3.29. The molecule has 0 radical (unpaired) electrons. The lowest BCUT2D eigenvalue weighted by atomic mass is 10.1. The van der Waals surface area contributed by atoms with E-state index in [0.717, 1.165) is 34.4 Å². The van der Waals surface area contributed by atoms with Gasteiger partial charge in [-0.2, -0.15) is 4.57 Å². The number of pyridine rings is 1. The SMILES string of the molecule is C=Cc1c2[nH]c3ccccc3c2c(OC)c[n+]1CC. The van der Waals surface area contributed by atoms with Crippen LogP contribution in [-0.2, 0) is 6.54 Å². The number of hydrogen-bond donors (Lipinski definition) is 1. The van der Waals surface area contributed by atoms with E-state index in [0.29, 0.717) is 0 Å². The van der Waals surface area contributed by atoms with Crippen molar-refractivity contribution in [3.63, 3.8) is 0 Å². The summed E-state index contributed by atoms with van der Waals surface area (Å²) in [5, 5.41) is 2.30. The lowest BCUT2D eigenvalue weighted by molar-refractivity contribution is -0.694. The highest BCUT2D eigenvalue weighted by atomic mass is 16.5. The van der Waals surface area contributed by atoms with Crippen molar-refractivity contribution >= 4 is 27.9 Å². The summed E-state index contributed by atoms with van der Waals surface area (Å²) in [6, 6.07) is 8.27. The topological polar surface area (TPSA) is 28.9 Å². The van der Waals surface area contributed by atoms with Gasteiger partial charge in [0.15, 0.2) is 5.75 Å². The molecule has 19 heavy (non-hydrogen) atoms. The summed E-state index contributed by atoms with van der Waals surface area (Å²) in [4.78, 5) is 3.47. The third-order valence-corrected chi connectivity index (χ3v) is 3.55. The summed E-state index contributed by atoms with van der Waals surface area (Å²) in [7, 11) is 1.71. The van der Waals surface area contributed by atoms with Crippen molar-refractivity contribution in [2.75, 3.05) is 7.11 Å². The second-order valence-electron chi connectivity index (χ2n) is 4.49. The first kappa shape index (κ1) is 11.8. The van der Waals surface area contributed by atoms with Crippen molar-refractivity contribution in [3.8, 4) is 5.75 Å². The molecule has 3 nitrogen and oxygen atoms in total. The third-order valence-electron chi connectivity index (χ3n) is 3.55. The molecular weight excluding hydrogens is 236 g/mol. The fraction of sp³-hybridized carbons (Fsp3) is 0.188. The maximum Gasteiger partial charge on any atom is 0.229 e. The zero-order valence-electron chi connectivity index (χ0n) is 11.2. The smallest absolute Gasteiger partial charge is 0.229 e. The highest BCUT2D eigenvalue weighted by molar-refractivity contribution is 6.11. The van der Waals surface area contributed by atoms with Crippen LogP contribution in [0, 0.1) is 0 Å². The Morgan fingerprint density at radius 2 is 2.16 bits per heavy atom. The van der Waals surface area contributed by atoms with Crippen molar-refractivity contribution in [3.05, 3.63) is 42.7 Å². The normalized spacial score (nSPS) is 11.1. The molecule has 3 rings (SSSR count). The molecule has 2 heterocycles. The van der Waals surface area contributed by atoms with Gasteiger partial charge in [0, 0.05) is 17.0 Å². The maximum atomic E-state index is 5.56. The number of aromatic nitrogens is 2. The molecule has 0 aliphatic carbocycles. The molecule has 0 saturated heterocycles. The molecule has 0 aliphatic heterocycles. The number of aromatic amines is 1. The molecule has 0 unspecified atom stereocenters. The van der Waals surface area contributed by atoms with Crippen LogP contribution in [0.1, 0.15) is 12.6 Å². The molecule has 1 N–H and O–H groups in total. The number of para-hydroxylation sites is 1. The third kappa shape index (κ3) is 1.62. The van der Waals surface area contributed by atoms with Crippen molar-refractivity contribution < 1.29 is 9.30 Å². The van der Waals surface area contributed by atoms with Gasteiger partial charge >= 0.3 is 0 Å². The number of fused-ring (bicyclic) bond motifs is 3. The summed E-state index contributed by atoms with van der Waals surface area (Å²) < 4.78 is 7.70. The number of nitrogens with zero attached hydrogens (tertiary/aromatic N) is 1. The van der Waals surface area contributed by atoms with Gasteiger partial charge in [-0.05, 0) is 13.0 Å². The zero-order chi connectivity index (χ0) is 13.4. The van der Waals surface area contributed by atoms with Crippen LogP contribution in [0.25, 0.3) is 27.9 Å². The number of ether oxygens (including phenoxy) is 1. The first-order chi connectivity index (χ1) is 9.30. The highest BCUT2D eigenvalue weighted by Crippen LogP contribution is 2.33. The van der Waals surface area contributed by atoms with E-state index in [1.54, 1.807) is 7.11 Å². The lowest BCUT2D eigenvalue weighted by Gasteiger charge is -2.04. The largest absolute Gasteiger partial charge is 0.490 e. The number of rotatable bonds is 3. The Bertz CT molecular complexity index is 771. The molecule has 0 atom stereocenters. The van der Waals surface area contributed by atoms with Crippen LogP contribution in [0.4, 0.5) is 0 Å². The summed E-state index contributed by atoms with van der Waals surface area (Å²) in [5.74, 6) is 0.889. The van der Waals surface area contributed by atoms with Crippen molar-refractivity contribution in [1.29, 1.82) is 0 Å². The van der Waals surface area contributed by atoms with Gasteiger partial charge in [-0.25, -0.2) is 0 Å². The Hall–Kier alpha value is -2.29. The Morgan fingerprint density at radius 3 is 2.84 bits per heavy atom. The molecular formula is C16H17N2O+. The standard InChI is InChI=1S/C16H16N2O/c1-4-13-16-15(14(19-3)10-18(13)5-2)11-8-6-7-9-12(11)17-16/h4,6-10H,1,5H2,2-3H3/p+1. The number of H-pyrrole nitrogens is 1. The minimum absolute atomic E-state index is 0.878. The van der Waals surface area contributed by atoms with E-state index in [-0.39, 0.29) is 0 Å². The van der Waals surface area contributed by atoms with Crippen molar-refractivity contribution in [2.45, 2.75) is 13.5 Å². The number of benzene rings is 1. The van der Waals surface area contributed by atoms with Crippen LogP contribution < -0.4 is 9.30 Å². The highest BCUT2D eigenvalue weighted by Gasteiger charge is 2.20. The second kappa shape index (κ2) is 4.43. The quantitative estimate of drug-likeness (QED) is 0.713. The maximum absolute atomic E-state index is 5.56. The van der Waals surface area contributed by atoms with E-state index >= 15 is 0 Å². The average molecular weight is 253 g/mol. The molecule has 1 aromatic carbocycles. The fourth-order valence-electron chi connectivity index (χ4n) is 2.64. The van der Waals surface area contributed by atoms with E-state index in [9.17, 15) is 0 Å². The molecule has 0 saturated carbocycles. The predicted molar refractivity (Wildman–Crippen MR) is 78.3 cm³/mol. The molecule has 96 valence electrons. The fourth-order valence-corrected chi connectivity index (χ4v) is 2.64. The van der Waals surface area contributed by atoms with Gasteiger partial charge < -0.3 is 9.72 Å². The van der Waals surface area contributed by atoms with Crippen LogP contribution in [-0.4, -0.2) is 12.1 Å².